The summed E-state index contributed by atoms with van der Waals surface area (Å²) < 4.78 is 1.08. The Morgan fingerprint density at radius 3 is 3.00 bits per heavy atom. The Morgan fingerprint density at radius 2 is 2.33 bits per heavy atom. The first-order chi connectivity index (χ1) is 7.16. The van der Waals surface area contributed by atoms with Gasteiger partial charge in [0.05, 0.1) is 4.47 Å². The van der Waals surface area contributed by atoms with Crippen LogP contribution in [0.2, 0.25) is 0 Å². The molecule has 0 amide bonds. The number of hydrogen-bond acceptors (Lipinski definition) is 3. The molecule has 2 rings (SSSR count). The number of aromatic nitrogens is 1. The Bertz CT molecular complexity index is 348. The van der Waals surface area contributed by atoms with Gasteiger partial charge < -0.3 is 10.2 Å². The molecule has 1 aliphatic heterocycles. The molecule has 82 valence electrons. The van der Waals surface area contributed by atoms with Crippen LogP contribution in [0.5, 0.6) is 0 Å². The number of likely N-dealkylation sites (tertiary alicyclic amines) is 1. The SMILES string of the molecule is Cc1ccnc(NCC2CN(C)C2)c1Br. The quantitative estimate of drug-likeness (QED) is 0.912. The first-order valence-electron chi connectivity index (χ1n) is 5.20. The molecule has 0 spiro atoms. The number of anilines is 1. The molecule has 0 radical (unpaired) electrons. The van der Waals surface area contributed by atoms with Crippen molar-refractivity contribution in [3.05, 3.63) is 22.3 Å². The molecule has 1 aromatic heterocycles. The second-order valence-electron chi connectivity index (χ2n) is 4.26. The molecule has 0 aromatic carbocycles. The van der Waals surface area contributed by atoms with Crippen molar-refractivity contribution in [3.8, 4) is 0 Å². The molecule has 4 heteroatoms. The van der Waals surface area contributed by atoms with E-state index in [9.17, 15) is 0 Å². The fourth-order valence-corrected chi connectivity index (χ4v) is 2.24. The van der Waals surface area contributed by atoms with Crippen LogP contribution in [0.4, 0.5) is 5.82 Å². The smallest absolute Gasteiger partial charge is 0.140 e. The molecule has 1 N–H and O–H groups in total. The molecule has 1 aliphatic rings. The maximum Gasteiger partial charge on any atom is 0.140 e. The summed E-state index contributed by atoms with van der Waals surface area (Å²) in [4.78, 5) is 6.64. The second-order valence-corrected chi connectivity index (χ2v) is 5.05. The normalized spacial score (nSPS) is 17.5. The molecule has 1 fully saturated rings. The highest BCUT2D eigenvalue weighted by molar-refractivity contribution is 9.10. The summed E-state index contributed by atoms with van der Waals surface area (Å²) in [5.41, 5.74) is 1.22. The van der Waals surface area contributed by atoms with Gasteiger partial charge in [-0.25, -0.2) is 4.98 Å². The lowest BCUT2D eigenvalue weighted by Gasteiger charge is -2.36. The van der Waals surface area contributed by atoms with Gasteiger partial charge in [-0.2, -0.15) is 0 Å². The summed E-state index contributed by atoms with van der Waals surface area (Å²) in [6.07, 6.45) is 1.84. The van der Waals surface area contributed by atoms with Crippen LogP contribution < -0.4 is 5.32 Å². The molecule has 2 heterocycles. The van der Waals surface area contributed by atoms with Gasteiger partial charge in [0, 0.05) is 31.7 Å². The summed E-state index contributed by atoms with van der Waals surface area (Å²) >= 11 is 3.55. The Hall–Kier alpha value is -0.610. The Morgan fingerprint density at radius 1 is 1.60 bits per heavy atom. The number of aryl methyl sites for hydroxylation is 1. The third-order valence-corrected chi connectivity index (χ3v) is 3.78. The van der Waals surface area contributed by atoms with Crippen molar-refractivity contribution >= 4 is 21.7 Å². The molecule has 1 saturated heterocycles. The monoisotopic (exact) mass is 269 g/mol. The number of halogens is 1. The van der Waals surface area contributed by atoms with Gasteiger partial charge >= 0.3 is 0 Å². The summed E-state index contributed by atoms with van der Waals surface area (Å²) in [5, 5.41) is 3.39. The lowest BCUT2D eigenvalue weighted by Crippen LogP contribution is -2.46. The van der Waals surface area contributed by atoms with E-state index in [1.165, 1.54) is 18.7 Å². The number of hydrogen-bond donors (Lipinski definition) is 1. The Kier molecular flexibility index (Phi) is 3.26. The van der Waals surface area contributed by atoms with E-state index in [4.69, 9.17) is 0 Å². The fraction of sp³-hybridized carbons (Fsp3) is 0.545. The number of nitrogens with one attached hydrogen (secondary N) is 1. The van der Waals surface area contributed by atoms with Crippen molar-refractivity contribution in [1.29, 1.82) is 0 Å². The van der Waals surface area contributed by atoms with Crippen molar-refractivity contribution in [1.82, 2.24) is 9.88 Å². The molecule has 15 heavy (non-hydrogen) atoms. The third kappa shape index (κ3) is 2.49. The lowest BCUT2D eigenvalue weighted by atomic mass is 10.0. The highest BCUT2D eigenvalue weighted by Crippen LogP contribution is 2.24. The minimum atomic E-state index is 0.768. The van der Waals surface area contributed by atoms with Crippen LogP contribution in [-0.4, -0.2) is 36.6 Å². The zero-order chi connectivity index (χ0) is 10.8. The second kappa shape index (κ2) is 4.49. The van der Waals surface area contributed by atoms with Crippen LogP contribution in [0.1, 0.15) is 5.56 Å². The van der Waals surface area contributed by atoms with Gasteiger partial charge in [0.15, 0.2) is 0 Å². The zero-order valence-corrected chi connectivity index (χ0v) is 10.7. The number of nitrogens with zero attached hydrogens (tertiary/aromatic N) is 2. The van der Waals surface area contributed by atoms with E-state index in [1.54, 1.807) is 0 Å². The Balaban J connectivity index is 1.91. The zero-order valence-electron chi connectivity index (χ0n) is 9.13. The lowest BCUT2D eigenvalue weighted by molar-refractivity contribution is 0.144. The van der Waals surface area contributed by atoms with E-state index in [0.717, 1.165) is 22.8 Å². The molecule has 0 saturated carbocycles. The first-order valence-corrected chi connectivity index (χ1v) is 5.99. The van der Waals surface area contributed by atoms with Crippen molar-refractivity contribution in [3.63, 3.8) is 0 Å². The first kappa shape index (κ1) is 10.9. The van der Waals surface area contributed by atoms with Gasteiger partial charge in [0.2, 0.25) is 0 Å². The van der Waals surface area contributed by atoms with E-state index in [-0.39, 0.29) is 0 Å². The van der Waals surface area contributed by atoms with Gasteiger partial charge in [-0.15, -0.1) is 0 Å². The highest BCUT2D eigenvalue weighted by atomic mass is 79.9. The molecule has 0 bridgehead atoms. The van der Waals surface area contributed by atoms with E-state index in [0.29, 0.717) is 0 Å². The molecule has 3 nitrogen and oxygen atoms in total. The minimum absolute atomic E-state index is 0.768. The van der Waals surface area contributed by atoms with Crippen molar-refractivity contribution in [2.45, 2.75) is 6.92 Å². The predicted molar refractivity (Wildman–Crippen MR) is 66.2 cm³/mol. The maximum atomic E-state index is 4.32. The van der Waals surface area contributed by atoms with E-state index >= 15 is 0 Å². The standard InChI is InChI=1S/C11H16BrN3/c1-8-3-4-13-11(10(8)12)14-5-9-6-15(2)7-9/h3-4,9H,5-7H2,1-2H3,(H,13,14). The van der Waals surface area contributed by atoms with Crippen molar-refractivity contribution < 1.29 is 0 Å². The summed E-state index contributed by atoms with van der Waals surface area (Å²) in [6.45, 7) is 5.47. The van der Waals surface area contributed by atoms with Crippen molar-refractivity contribution in [2.24, 2.45) is 5.92 Å². The largest absolute Gasteiger partial charge is 0.369 e. The van der Waals surface area contributed by atoms with Crippen LogP contribution in [0.15, 0.2) is 16.7 Å². The third-order valence-electron chi connectivity index (χ3n) is 2.78. The molecule has 0 unspecified atom stereocenters. The van der Waals surface area contributed by atoms with E-state index in [1.807, 2.05) is 12.3 Å². The minimum Gasteiger partial charge on any atom is -0.369 e. The summed E-state index contributed by atoms with van der Waals surface area (Å²) in [5.74, 6) is 1.73. The van der Waals surface area contributed by atoms with Crippen LogP contribution in [-0.2, 0) is 0 Å². The van der Waals surface area contributed by atoms with Crippen LogP contribution in [0, 0.1) is 12.8 Å². The summed E-state index contributed by atoms with van der Waals surface area (Å²) in [7, 11) is 2.15. The average Bonchev–Trinajstić information content (AvgIpc) is 2.17. The van der Waals surface area contributed by atoms with Crippen molar-refractivity contribution in [2.75, 3.05) is 32.0 Å². The van der Waals surface area contributed by atoms with E-state index in [2.05, 4.69) is 45.1 Å². The number of rotatable bonds is 3. The topological polar surface area (TPSA) is 28.2 Å². The van der Waals surface area contributed by atoms with E-state index < -0.39 is 0 Å². The molecule has 0 aliphatic carbocycles. The number of pyridine rings is 1. The van der Waals surface area contributed by atoms with Gasteiger partial charge in [-0.3, -0.25) is 0 Å². The highest BCUT2D eigenvalue weighted by Gasteiger charge is 2.22. The molecule has 0 atom stereocenters. The molecular formula is C11H16BrN3. The molecule has 1 aromatic rings. The van der Waals surface area contributed by atoms with Gasteiger partial charge in [-0.05, 0) is 41.5 Å². The fourth-order valence-electron chi connectivity index (χ4n) is 1.86. The van der Waals surface area contributed by atoms with Gasteiger partial charge in [0.25, 0.3) is 0 Å². The summed E-state index contributed by atoms with van der Waals surface area (Å²) in [6, 6.07) is 2.01. The maximum absolute atomic E-state index is 4.32. The Labute approximate surface area is 99.0 Å². The van der Waals surface area contributed by atoms with Gasteiger partial charge in [-0.1, -0.05) is 0 Å². The van der Waals surface area contributed by atoms with Crippen LogP contribution in [0.25, 0.3) is 0 Å². The van der Waals surface area contributed by atoms with Crippen LogP contribution >= 0.6 is 15.9 Å². The van der Waals surface area contributed by atoms with Gasteiger partial charge in [0.1, 0.15) is 5.82 Å². The van der Waals surface area contributed by atoms with Crippen LogP contribution in [0.3, 0.4) is 0 Å². The average molecular weight is 270 g/mol. The predicted octanol–water partition coefficient (Wildman–Crippen LogP) is 2.13. The molecular weight excluding hydrogens is 254 g/mol.